The molecule has 67 heavy (non-hydrogen) atoms. The molecule has 0 saturated carbocycles. The Morgan fingerprint density at radius 2 is 1.70 bits per heavy atom. The van der Waals surface area contributed by atoms with Crippen LogP contribution in [0.3, 0.4) is 0 Å². The Kier molecular flexibility index (Phi) is 17.2. The summed E-state index contributed by atoms with van der Waals surface area (Å²) in [7, 11) is 3.59. The lowest BCUT2D eigenvalue weighted by Gasteiger charge is -2.41. The van der Waals surface area contributed by atoms with Crippen LogP contribution in [-0.4, -0.2) is 141 Å². The van der Waals surface area contributed by atoms with E-state index in [2.05, 4.69) is 79.5 Å². The van der Waals surface area contributed by atoms with Crippen LogP contribution in [0.15, 0.2) is 88.9 Å². The number of amides is 2. The van der Waals surface area contributed by atoms with Crippen LogP contribution in [0.5, 0.6) is 0 Å². The number of carbonyl (C=O) groups is 4. The first kappa shape index (κ1) is 49.3. The lowest BCUT2D eigenvalue weighted by Crippen LogP contribution is -2.49. The average molecular weight is 918 g/mol. The van der Waals surface area contributed by atoms with Crippen molar-refractivity contribution in [3.05, 3.63) is 111 Å². The monoisotopic (exact) mass is 918 g/mol. The maximum absolute atomic E-state index is 15.4. The summed E-state index contributed by atoms with van der Waals surface area (Å²) in [4.78, 5) is 64.2. The number of likely N-dealkylation sites (tertiary alicyclic amines) is 2. The Balaban J connectivity index is 0.836. The van der Waals surface area contributed by atoms with Crippen LogP contribution < -0.4 is 20.9 Å². The number of nitrogens with zero attached hydrogens (tertiary/aromatic N) is 6. The maximum Gasteiger partial charge on any atom is 0.253 e. The highest BCUT2D eigenvalue weighted by Gasteiger charge is 2.30. The molecule has 2 aromatic rings. The van der Waals surface area contributed by atoms with E-state index < -0.39 is 6.04 Å². The Hall–Kier alpha value is -5.60. The number of allylic oxidation sites excluding steroid dienone is 5. The van der Waals surface area contributed by atoms with Gasteiger partial charge in [-0.2, -0.15) is 0 Å². The average Bonchev–Trinajstić information content (AvgIpc) is 3.83. The highest BCUT2D eigenvalue weighted by Crippen LogP contribution is 2.33. The van der Waals surface area contributed by atoms with Gasteiger partial charge in [-0.25, -0.2) is 4.39 Å². The van der Waals surface area contributed by atoms with Gasteiger partial charge < -0.3 is 35.4 Å². The van der Waals surface area contributed by atoms with E-state index in [1.165, 1.54) is 17.2 Å². The van der Waals surface area contributed by atoms with E-state index in [9.17, 15) is 19.2 Å². The first-order valence-electron chi connectivity index (χ1n) is 24.5. The number of nitrogens with one attached hydrogen (secondary N) is 3. The molecule has 1 aliphatic carbocycles. The minimum atomic E-state index is -0.564. The second-order valence-electron chi connectivity index (χ2n) is 19.0. The van der Waals surface area contributed by atoms with Gasteiger partial charge in [0.05, 0.1) is 11.4 Å². The Labute approximate surface area is 397 Å². The fourth-order valence-electron chi connectivity index (χ4n) is 10.4. The van der Waals surface area contributed by atoms with Crippen molar-refractivity contribution in [3.8, 4) is 0 Å². The normalized spacial score (nSPS) is 20.4. The second-order valence-corrected chi connectivity index (χ2v) is 19.0. The molecule has 5 heterocycles. The minimum Gasteiger partial charge on any atom is -0.384 e. The van der Waals surface area contributed by atoms with Gasteiger partial charge >= 0.3 is 0 Å². The molecule has 2 atom stereocenters. The van der Waals surface area contributed by atoms with E-state index in [-0.39, 0.29) is 30.1 Å². The highest BCUT2D eigenvalue weighted by molar-refractivity contribution is 5.94. The quantitative estimate of drug-likeness (QED) is 0.142. The number of rotatable bonds is 18. The molecule has 13 nitrogen and oxygen atoms in total. The molecule has 1 aromatic heterocycles. The zero-order valence-electron chi connectivity index (χ0n) is 40.4. The lowest BCUT2D eigenvalue weighted by atomic mass is 9.88. The first-order valence-corrected chi connectivity index (χ1v) is 24.5. The summed E-state index contributed by atoms with van der Waals surface area (Å²) in [5.74, 6) is 0.656. The van der Waals surface area contributed by atoms with E-state index in [0.717, 1.165) is 150 Å². The third-order valence-electron chi connectivity index (χ3n) is 14.8. The highest BCUT2D eigenvalue weighted by atomic mass is 19.1. The molecule has 0 bridgehead atoms. The smallest absolute Gasteiger partial charge is 0.253 e. The Morgan fingerprint density at radius 1 is 0.970 bits per heavy atom. The Morgan fingerprint density at radius 3 is 2.37 bits per heavy atom. The number of anilines is 1. The van der Waals surface area contributed by atoms with Crippen molar-refractivity contribution in [2.75, 3.05) is 84.4 Å². The third kappa shape index (κ3) is 12.5. The fourth-order valence-corrected chi connectivity index (χ4v) is 10.4. The summed E-state index contributed by atoms with van der Waals surface area (Å²) >= 11 is 0. The molecule has 14 heteroatoms. The number of halogens is 1. The van der Waals surface area contributed by atoms with Gasteiger partial charge in [0.2, 0.25) is 5.91 Å². The molecule has 4 aliphatic heterocycles. The number of likely N-dealkylation sites (N-methyl/N-ethyl adjacent to an activating group) is 1. The number of aldehydes is 2. The lowest BCUT2D eigenvalue weighted by molar-refractivity contribution is -0.122. The van der Waals surface area contributed by atoms with Crippen LogP contribution in [0.2, 0.25) is 0 Å². The summed E-state index contributed by atoms with van der Waals surface area (Å²) in [5.41, 5.74) is 9.62. The molecule has 3 fully saturated rings. The maximum atomic E-state index is 15.4. The fraction of sp³-hybridized carbons (Fsp3) is 0.528. The zero-order valence-corrected chi connectivity index (χ0v) is 40.4. The van der Waals surface area contributed by atoms with E-state index in [4.69, 9.17) is 0 Å². The van der Waals surface area contributed by atoms with Crippen molar-refractivity contribution in [2.45, 2.75) is 96.6 Å². The van der Waals surface area contributed by atoms with Crippen molar-refractivity contribution in [1.82, 2.24) is 40.5 Å². The van der Waals surface area contributed by atoms with Crippen LogP contribution in [-0.2, 0) is 14.4 Å². The molecule has 3 saturated heterocycles. The number of hydrogen-bond acceptors (Lipinski definition) is 11. The molecule has 0 radical (unpaired) electrons. The second kappa shape index (κ2) is 23.4. The molecule has 360 valence electrons. The molecular weight excluding hydrogens is 846 g/mol. The zero-order chi connectivity index (χ0) is 47.5. The van der Waals surface area contributed by atoms with Crippen molar-refractivity contribution in [1.29, 1.82) is 0 Å². The largest absolute Gasteiger partial charge is 0.384 e. The molecule has 2 amide bonds. The van der Waals surface area contributed by atoms with E-state index >= 15 is 4.39 Å². The summed E-state index contributed by atoms with van der Waals surface area (Å²) in [6.45, 7) is 15.2. The van der Waals surface area contributed by atoms with Crippen molar-refractivity contribution in [2.24, 2.45) is 5.92 Å². The minimum absolute atomic E-state index is 0.120. The van der Waals surface area contributed by atoms with Crippen LogP contribution in [0, 0.1) is 12.8 Å². The molecule has 5 aliphatic rings. The van der Waals surface area contributed by atoms with E-state index in [0.29, 0.717) is 36.8 Å². The summed E-state index contributed by atoms with van der Waals surface area (Å²) in [6.07, 6.45) is 18.1. The van der Waals surface area contributed by atoms with Gasteiger partial charge in [0.1, 0.15) is 24.4 Å². The molecular formula is C53H72FN9O4. The van der Waals surface area contributed by atoms with Crippen LogP contribution in [0.1, 0.15) is 105 Å². The van der Waals surface area contributed by atoms with Gasteiger partial charge in [0, 0.05) is 125 Å². The number of hydrogen-bond donors (Lipinski definition) is 3. The van der Waals surface area contributed by atoms with Gasteiger partial charge in [-0.1, -0.05) is 23.8 Å². The Bertz CT molecular complexity index is 2230. The van der Waals surface area contributed by atoms with Gasteiger partial charge in [-0.05, 0) is 133 Å². The molecule has 2 unspecified atom stereocenters. The predicted octanol–water partition coefficient (Wildman–Crippen LogP) is 6.47. The van der Waals surface area contributed by atoms with Crippen LogP contribution in [0.25, 0.3) is 6.08 Å². The van der Waals surface area contributed by atoms with Gasteiger partial charge in [-0.15, -0.1) is 0 Å². The number of piperidine rings is 2. The van der Waals surface area contributed by atoms with Gasteiger partial charge in [0.25, 0.3) is 5.91 Å². The van der Waals surface area contributed by atoms with Crippen molar-refractivity contribution >= 4 is 36.2 Å². The molecule has 1 aromatic carbocycles. The number of aromatic nitrogens is 1. The van der Waals surface area contributed by atoms with E-state index in [1.807, 2.05) is 48.6 Å². The number of pyridine rings is 1. The van der Waals surface area contributed by atoms with Crippen molar-refractivity contribution < 1.29 is 23.6 Å². The topological polar surface area (TPSA) is 133 Å². The predicted molar refractivity (Wildman–Crippen MR) is 264 cm³/mol. The number of carbonyl (C=O) groups excluding carboxylic acids is 4. The van der Waals surface area contributed by atoms with Crippen LogP contribution in [0.4, 0.5) is 10.1 Å². The summed E-state index contributed by atoms with van der Waals surface area (Å²) in [6, 6.07) is 10.2. The SMILES string of the molecule is CNC(=O)C(CCC=O)NC1=CC(F)=C(N2CCN(CC3CCN(C(=O)c4ccc(C5CCN(C(C)/C(C)=C/c6c(N(C)/C=C\C7=C(C=O)CCN7)ccnc6C)CC5)cc4)CC3)CC2)CC1. The first-order chi connectivity index (χ1) is 32.5. The molecule has 3 N–H and O–H groups in total. The number of aryl methyl sites for hydroxylation is 1. The standard InChI is InChI=1S/C53H72FN9O4/c1-37(33-46-38(2)56-22-15-50(46)59(5)23-20-48-44(36-65)14-21-57-48)39(3)61-26-18-42(19-27-61)41-8-10-43(11-9-41)53(67)63-24-16-40(17-25-63)35-60-28-30-62(31-29-60)51-13-12-45(34-47(51)54)58-49(7-6-32-64)52(66)55-4/h8-11,15,20,22-23,32-34,36,39-40,42,49,57-58H,6-7,12-14,16-19,21,24-31,35H2,1-5H3,(H,55,66)/b23-20-,37-33+. The van der Waals surface area contributed by atoms with E-state index in [1.54, 1.807) is 7.05 Å². The molecule has 7 rings (SSSR count). The summed E-state index contributed by atoms with van der Waals surface area (Å²) in [5, 5.41) is 9.08. The number of benzene rings is 1. The number of piperazine rings is 1. The van der Waals surface area contributed by atoms with Crippen LogP contribution >= 0.6 is 0 Å². The third-order valence-corrected chi connectivity index (χ3v) is 14.8. The summed E-state index contributed by atoms with van der Waals surface area (Å²) < 4.78 is 15.4. The molecule has 0 spiro atoms. The van der Waals surface area contributed by atoms with Gasteiger partial charge in [-0.3, -0.25) is 29.2 Å². The van der Waals surface area contributed by atoms with Gasteiger partial charge in [0.15, 0.2) is 0 Å². The van der Waals surface area contributed by atoms with Crippen molar-refractivity contribution in [3.63, 3.8) is 0 Å².